The zero-order valence-corrected chi connectivity index (χ0v) is 24.9. The van der Waals surface area contributed by atoms with Gasteiger partial charge in [-0.2, -0.15) is 0 Å². The standard InChI is InChI=1S/C28H40N2O5SSi/c1-10-16-29(17-11-2)26-23(27(32)34-18-20-12-14-21(33-7)15-13-20)30-24(31)22(25(30)36-26)19(3)35-37(8,9)28(4,5)6/h10-15,19,22,25H,1-2,16-18H2,3-9H3/t19-,22-,25+/m0/s1. The highest BCUT2D eigenvalue weighted by molar-refractivity contribution is 8.04. The summed E-state index contributed by atoms with van der Waals surface area (Å²) in [5.41, 5.74) is 1.12. The minimum absolute atomic E-state index is 0.0289. The van der Waals surface area contributed by atoms with E-state index in [2.05, 4.69) is 47.0 Å². The van der Waals surface area contributed by atoms with Gasteiger partial charge >= 0.3 is 5.97 Å². The molecule has 1 amide bonds. The third kappa shape index (κ3) is 5.99. The molecule has 0 saturated carbocycles. The van der Waals surface area contributed by atoms with Crippen molar-refractivity contribution < 1.29 is 23.5 Å². The Hall–Kier alpha value is -2.49. The third-order valence-electron chi connectivity index (χ3n) is 7.26. The van der Waals surface area contributed by atoms with Gasteiger partial charge in [-0.1, -0.05) is 56.8 Å². The molecule has 0 bridgehead atoms. The quantitative estimate of drug-likeness (QED) is 0.148. The minimum atomic E-state index is -2.08. The van der Waals surface area contributed by atoms with Gasteiger partial charge < -0.3 is 18.8 Å². The van der Waals surface area contributed by atoms with Gasteiger partial charge in [0.25, 0.3) is 0 Å². The monoisotopic (exact) mass is 544 g/mol. The molecule has 9 heteroatoms. The summed E-state index contributed by atoms with van der Waals surface area (Å²) in [5, 5.41) is 0.518. The van der Waals surface area contributed by atoms with Gasteiger partial charge in [0.1, 0.15) is 22.8 Å². The molecule has 1 aromatic carbocycles. The lowest BCUT2D eigenvalue weighted by atomic mass is 9.92. The molecule has 0 aromatic heterocycles. The van der Waals surface area contributed by atoms with Crippen molar-refractivity contribution in [3.8, 4) is 5.75 Å². The molecule has 0 N–H and O–H groups in total. The molecule has 37 heavy (non-hydrogen) atoms. The van der Waals surface area contributed by atoms with E-state index >= 15 is 0 Å². The van der Waals surface area contributed by atoms with Crippen LogP contribution in [-0.4, -0.2) is 61.7 Å². The van der Waals surface area contributed by atoms with Crippen molar-refractivity contribution in [2.24, 2.45) is 5.92 Å². The Balaban J connectivity index is 1.84. The Morgan fingerprint density at radius 3 is 2.30 bits per heavy atom. The van der Waals surface area contributed by atoms with Gasteiger partial charge in [-0.05, 0) is 42.8 Å². The first-order chi connectivity index (χ1) is 17.4. The number of carbonyl (C=O) groups excluding carboxylic acids is 2. The number of ether oxygens (including phenoxy) is 2. The number of methoxy groups -OCH3 is 1. The summed E-state index contributed by atoms with van der Waals surface area (Å²) < 4.78 is 17.5. The lowest BCUT2D eigenvalue weighted by molar-refractivity contribution is -0.158. The highest BCUT2D eigenvalue weighted by Gasteiger charge is 2.60. The fourth-order valence-electron chi connectivity index (χ4n) is 4.17. The second-order valence-corrected chi connectivity index (χ2v) is 16.7. The fourth-order valence-corrected chi connectivity index (χ4v) is 7.22. The lowest BCUT2D eigenvalue weighted by Gasteiger charge is -2.48. The predicted molar refractivity (Wildman–Crippen MR) is 151 cm³/mol. The number of benzene rings is 1. The Labute approximate surface area is 226 Å². The first-order valence-corrected chi connectivity index (χ1v) is 16.3. The van der Waals surface area contributed by atoms with Crippen LogP contribution in [0.2, 0.25) is 18.1 Å². The maximum atomic E-state index is 13.5. The van der Waals surface area contributed by atoms with Crippen molar-refractivity contribution >= 4 is 32.0 Å². The average molecular weight is 545 g/mol. The van der Waals surface area contributed by atoms with Crippen LogP contribution in [-0.2, 0) is 25.4 Å². The highest BCUT2D eigenvalue weighted by Crippen LogP contribution is 2.52. The average Bonchev–Trinajstić information content (AvgIpc) is 3.16. The molecule has 0 unspecified atom stereocenters. The van der Waals surface area contributed by atoms with E-state index in [0.29, 0.717) is 18.1 Å². The molecule has 0 radical (unpaired) electrons. The van der Waals surface area contributed by atoms with Gasteiger partial charge in [0, 0.05) is 13.1 Å². The molecule has 202 valence electrons. The van der Waals surface area contributed by atoms with Crippen LogP contribution in [0.4, 0.5) is 0 Å². The molecule has 3 atom stereocenters. The third-order valence-corrected chi connectivity index (χ3v) is 13.3. The number of thioether (sulfide) groups is 1. The van der Waals surface area contributed by atoms with Crippen LogP contribution >= 0.6 is 11.8 Å². The van der Waals surface area contributed by atoms with Gasteiger partial charge in [-0.25, -0.2) is 4.79 Å². The molecule has 2 aliphatic rings. The van der Waals surface area contributed by atoms with Gasteiger partial charge in [-0.3, -0.25) is 9.69 Å². The zero-order valence-electron chi connectivity index (χ0n) is 23.1. The van der Waals surface area contributed by atoms with Crippen molar-refractivity contribution in [3.63, 3.8) is 0 Å². The number of β-lactam (4-membered cyclic amide) rings is 1. The molecular weight excluding hydrogens is 504 g/mol. The van der Waals surface area contributed by atoms with Crippen molar-refractivity contribution in [1.29, 1.82) is 0 Å². The molecule has 0 spiro atoms. The van der Waals surface area contributed by atoms with Crippen LogP contribution in [0.5, 0.6) is 5.75 Å². The Morgan fingerprint density at radius 2 is 1.78 bits per heavy atom. The zero-order chi connectivity index (χ0) is 27.5. The highest BCUT2D eigenvalue weighted by atomic mass is 32.2. The number of hydrogen-bond donors (Lipinski definition) is 0. The van der Waals surface area contributed by atoms with E-state index in [1.165, 1.54) is 11.8 Å². The number of nitrogens with zero attached hydrogens (tertiary/aromatic N) is 2. The molecule has 0 aliphatic carbocycles. The number of amides is 1. The van der Waals surface area contributed by atoms with E-state index < -0.39 is 14.3 Å². The second-order valence-electron chi connectivity index (χ2n) is 10.9. The molecule has 1 saturated heterocycles. The van der Waals surface area contributed by atoms with E-state index in [-0.39, 0.29) is 40.6 Å². The summed E-state index contributed by atoms with van der Waals surface area (Å²) in [6.45, 7) is 21.7. The smallest absolute Gasteiger partial charge is 0.358 e. The molecule has 2 aliphatic heterocycles. The van der Waals surface area contributed by atoms with Gasteiger partial charge in [0.15, 0.2) is 14.0 Å². The number of rotatable bonds is 12. The minimum Gasteiger partial charge on any atom is -0.497 e. The predicted octanol–water partition coefficient (Wildman–Crippen LogP) is 5.52. The molecule has 3 rings (SSSR count). The summed E-state index contributed by atoms with van der Waals surface area (Å²) >= 11 is 1.52. The van der Waals surface area contributed by atoms with Gasteiger partial charge in [0.05, 0.1) is 19.1 Å². The molecule has 1 fully saturated rings. The van der Waals surface area contributed by atoms with Crippen LogP contribution < -0.4 is 4.74 Å². The summed E-state index contributed by atoms with van der Waals surface area (Å²) in [5.74, 6) is -0.239. The first kappa shape index (κ1) is 29.1. The van der Waals surface area contributed by atoms with Crippen LogP contribution in [0.3, 0.4) is 0 Å². The fraction of sp³-hybridized carbons (Fsp3) is 0.500. The number of esters is 1. The first-order valence-electron chi connectivity index (χ1n) is 12.5. The van der Waals surface area contributed by atoms with Gasteiger partial charge in [0.2, 0.25) is 5.91 Å². The van der Waals surface area contributed by atoms with Crippen molar-refractivity contribution in [2.75, 3.05) is 20.2 Å². The van der Waals surface area contributed by atoms with Crippen LogP contribution in [0.15, 0.2) is 60.3 Å². The van der Waals surface area contributed by atoms with E-state index in [1.54, 1.807) is 24.2 Å². The van der Waals surface area contributed by atoms with Crippen molar-refractivity contribution in [3.05, 3.63) is 65.9 Å². The van der Waals surface area contributed by atoms with Crippen molar-refractivity contribution in [1.82, 2.24) is 9.80 Å². The molecule has 1 aromatic rings. The maximum absolute atomic E-state index is 13.5. The van der Waals surface area contributed by atoms with E-state index in [4.69, 9.17) is 13.9 Å². The van der Waals surface area contributed by atoms with Crippen LogP contribution in [0.25, 0.3) is 0 Å². The van der Waals surface area contributed by atoms with Crippen LogP contribution in [0.1, 0.15) is 33.3 Å². The summed E-state index contributed by atoms with van der Waals surface area (Å²) in [4.78, 5) is 30.5. The van der Waals surface area contributed by atoms with E-state index in [9.17, 15) is 9.59 Å². The van der Waals surface area contributed by atoms with Gasteiger partial charge in [-0.15, -0.1) is 13.2 Å². The Morgan fingerprint density at radius 1 is 1.19 bits per heavy atom. The SMILES string of the molecule is C=CCN(CC=C)C1=C(C(=O)OCc2ccc(OC)cc2)N2C(=O)[C@H]([C@H](C)O[Si](C)(C)C(C)(C)C)[C@H]2S1. The molecule has 2 heterocycles. The Kier molecular flexibility index (Phi) is 9.03. The number of hydrogen-bond acceptors (Lipinski definition) is 7. The van der Waals surface area contributed by atoms with Crippen LogP contribution in [0, 0.1) is 5.92 Å². The summed E-state index contributed by atoms with van der Waals surface area (Å²) in [7, 11) is -0.476. The molecular formula is C28H40N2O5SSi. The topological polar surface area (TPSA) is 68.3 Å². The number of fused-ring (bicyclic) bond motifs is 1. The van der Waals surface area contributed by atoms with E-state index in [1.807, 2.05) is 36.1 Å². The maximum Gasteiger partial charge on any atom is 0.358 e. The largest absolute Gasteiger partial charge is 0.497 e. The lowest BCUT2D eigenvalue weighted by Crippen LogP contribution is -2.62. The normalized spacial score (nSPS) is 20.2. The Bertz CT molecular complexity index is 1050. The van der Waals surface area contributed by atoms with Crippen molar-refractivity contribution in [2.45, 2.75) is 63.9 Å². The molecule has 7 nitrogen and oxygen atoms in total. The number of carbonyl (C=O) groups is 2. The second kappa shape index (κ2) is 11.5. The van der Waals surface area contributed by atoms with E-state index in [0.717, 1.165) is 11.3 Å². The summed E-state index contributed by atoms with van der Waals surface area (Å²) in [6, 6.07) is 7.33. The summed E-state index contributed by atoms with van der Waals surface area (Å²) in [6.07, 6.45) is 3.29.